The maximum absolute atomic E-state index is 12.2. The number of carbonyl (C=O) groups excluding carboxylic acids is 1. The van der Waals surface area contributed by atoms with Gasteiger partial charge in [-0.3, -0.25) is 13.9 Å². The smallest absolute Gasteiger partial charge is 0.329 e. The van der Waals surface area contributed by atoms with E-state index in [-0.39, 0.29) is 18.1 Å². The molecule has 0 fully saturated rings. The molecule has 0 radical (unpaired) electrons. The molecule has 1 heterocycles. The molecular formula is C15H21N3O3. The van der Waals surface area contributed by atoms with Crippen molar-refractivity contribution in [2.45, 2.75) is 32.4 Å². The van der Waals surface area contributed by atoms with E-state index in [1.54, 1.807) is 7.05 Å². The minimum atomic E-state index is -0.398. The van der Waals surface area contributed by atoms with Gasteiger partial charge in [0.25, 0.3) is 0 Å². The molecule has 0 aliphatic rings. The predicted octanol–water partition coefficient (Wildman–Crippen LogP) is 0.617. The van der Waals surface area contributed by atoms with Crippen LogP contribution in [0.25, 0.3) is 11.0 Å². The van der Waals surface area contributed by atoms with E-state index in [2.05, 4.69) is 5.32 Å². The number of aliphatic hydroxyl groups excluding tert-OH is 1. The van der Waals surface area contributed by atoms with E-state index >= 15 is 0 Å². The molecule has 6 nitrogen and oxygen atoms in total. The van der Waals surface area contributed by atoms with E-state index in [9.17, 15) is 14.7 Å². The van der Waals surface area contributed by atoms with Crippen molar-refractivity contribution in [3.05, 3.63) is 34.7 Å². The lowest BCUT2D eigenvalue weighted by Gasteiger charge is -2.09. The molecule has 0 bridgehead atoms. The number of fused-ring (bicyclic) bond motifs is 1. The number of carbonyl (C=O) groups is 1. The molecule has 114 valence electrons. The summed E-state index contributed by atoms with van der Waals surface area (Å²) < 4.78 is 2.99. The minimum absolute atomic E-state index is 0.0115. The molecular weight excluding hydrogens is 270 g/mol. The number of benzene rings is 1. The highest BCUT2D eigenvalue weighted by Gasteiger charge is 2.13. The zero-order valence-electron chi connectivity index (χ0n) is 12.4. The number of aliphatic hydroxyl groups is 1. The Labute approximate surface area is 123 Å². The van der Waals surface area contributed by atoms with Crippen LogP contribution in [0.1, 0.15) is 19.8 Å². The van der Waals surface area contributed by atoms with Crippen molar-refractivity contribution in [2.24, 2.45) is 7.05 Å². The van der Waals surface area contributed by atoms with Crippen LogP contribution in [0.3, 0.4) is 0 Å². The zero-order valence-corrected chi connectivity index (χ0v) is 12.4. The molecule has 21 heavy (non-hydrogen) atoms. The molecule has 2 aromatic rings. The summed E-state index contributed by atoms with van der Waals surface area (Å²) in [6, 6.07) is 7.37. The highest BCUT2D eigenvalue weighted by atomic mass is 16.3. The standard InChI is InChI=1S/C15H21N3O3/c1-3-11(19)8-9-16-14(20)10-18-13-7-5-4-6-12(13)17(2)15(18)21/h4-7,11,19H,3,8-10H2,1-2H3,(H,16,20). The Morgan fingerprint density at radius 3 is 2.67 bits per heavy atom. The van der Waals surface area contributed by atoms with Crippen LogP contribution >= 0.6 is 0 Å². The lowest BCUT2D eigenvalue weighted by Crippen LogP contribution is -2.34. The average Bonchev–Trinajstić information content (AvgIpc) is 2.72. The number of nitrogens with one attached hydrogen (secondary N) is 1. The van der Waals surface area contributed by atoms with Crippen molar-refractivity contribution >= 4 is 16.9 Å². The van der Waals surface area contributed by atoms with Gasteiger partial charge in [0.15, 0.2) is 0 Å². The second kappa shape index (κ2) is 6.58. The predicted molar refractivity (Wildman–Crippen MR) is 81.1 cm³/mol. The number of aryl methyl sites for hydroxylation is 1. The van der Waals surface area contributed by atoms with Gasteiger partial charge in [-0.05, 0) is 25.0 Å². The maximum Gasteiger partial charge on any atom is 0.329 e. The third kappa shape index (κ3) is 3.33. The Bertz CT molecular complexity index is 687. The van der Waals surface area contributed by atoms with E-state index < -0.39 is 6.10 Å². The van der Waals surface area contributed by atoms with E-state index in [1.807, 2.05) is 31.2 Å². The number of imidazole rings is 1. The molecule has 1 aromatic carbocycles. The van der Waals surface area contributed by atoms with Gasteiger partial charge in [-0.25, -0.2) is 4.79 Å². The summed E-state index contributed by atoms with van der Waals surface area (Å²) in [5.41, 5.74) is 1.34. The molecule has 1 unspecified atom stereocenters. The van der Waals surface area contributed by atoms with Gasteiger partial charge in [0.1, 0.15) is 6.54 Å². The molecule has 0 spiro atoms. The third-order valence-corrected chi connectivity index (χ3v) is 3.62. The summed E-state index contributed by atoms with van der Waals surface area (Å²) in [6.45, 7) is 2.29. The average molecular weight is 291 g/mol. The van der Waals surface area contributed by atoms with E-state index in [0.29, 0.717) is 19.4 Å². The summed E-state index contributed by atoms with van der Waals surface area (Å²) in [5.74, 6) is -0.225. The number of hydrogen-bond donors (Lipinski definition) is 2. The first-order chi connectivity index (χ1) is 10.0. The second-order valence-corrected chi connectivity index (χ2v) is 5.12. The molecule has 2 rings (SSSR count). The molecule has 0 aliphatic carbocycles. The molecule has 0 saturated heterocycles. The molecule has 1 amide bonds. The third-order valence-electron chi connectivity index (χ3n) is 3.62. The first-order valence-electron chi connectivity index (χ1n) is 7.13. The van der Waals surface area contributed by atoms with Crippen molar-refractivity contribution in [1.82, 2.24) is 14.5 Å². The van der Waals surface area contributed by atoms with Gasteiger partial charge in [-0.2, -0.15) is 0 Å². The van der Waals surface area contributed by atoms with Gasteiger partial charge < -0.3 is 10.4 Å². The largest absolute Gasteiger partial charge is 0.393 e. The Morgan fingerprint density at radius 2 is 2.00 bits per heavy atom. The van der Waals surface area contributed by atoms with Crippen LogP contribution in [-0.2, 0) is 18.4 Å². The van der Waals surface area contributed by atoms with E-state index in [0.717, 1.165) is 11.0 Å². The molecule has 1 atom stereocenters. The van der Waals surface area contributed by atoms with Crippen LogP contribution in [0.15, 0.2) is 29.1 Å². The highest BCUT2D eigenvalue weighted by Crippen LogP contribution is 2.11. The second-order valence-electron chi connectivity index (χ2n) is 5.12. The minimum Gasteiger partial charge on any atom is -0.393 e. The van der Waals surface area contributed by atoms with Gasteiger partial charge in [0, 0.05) is 13.6 Å². The van der Waals surface area contributed by atoms with E-state index in [4.69, 9.17) is 0 Å². The first kappa shape index (κ1) is 15.3. The van der Waals surface area contributed by atoms with Gasteiger partial charge in [0.2, 0.25) is 5.91 Å². The maximum atomic E-state index is 12.2. The number of hydrogen-bond acceptors (Lipinski definition) is 3. The zero-order chi connectivity index (χ0) is 15.4. The summed E-state index contributed by atoms with van der Waals surface area (Å²) in [7, 11) is 1.69. The summed E-state index contributed by atoms with van der Waals surface area (Å²) >= 11 is 0. The Balaban J connectivity index is 2.08. The lowest BCUT2D eigenvalue weighted by molar-refractivity contribution is -0.121. The Kier molecular flexibility index (Phi) is 4.80. The Hall–Kier alpha value is -2.08. The fourth-order valence-corrected chi connectivity index (χ4v) is 2.30. The summed E-state index contributed by atoms with van der Waals surface area (Å²) in [4.78, 5) is 24.1. The van der Waals surface area contributed by atoms with Crippen LogP contribution in [0, 0.1) is 0 Å². The van der Waals surface area contributed by atoms with Crippen molar-refractivity contribution in [1.29, 1.82) is 0 Å². The lowest BCUT2D eigenvalue weighted by atomic mass is 10.2. The van der Waals surface area contributed by atoms with Crippen molar-refractivity contribution in [3.8, 4) is 0 Å². The van der Waals surface area contributed by atoms with Crippen LogP contribution in [0.4, 0.5) is 0 Å². The Morgan fingerprint density at radius 1 is 1.33 bits per heavy atom. The van der Waals surface area contributed by atoms with E-state index in [1.165, 1.54) is 9.13 Å². The monoisotopic (exact) mass is 291 g/mol. The van der Waals surface area contributed by atoms with Crippen molar-refractivity contribution in [2.75, 3.05) is 6.54 Å². The number of rotatable bonds is 6. The molecule has 2 N–H and O–H groups in total. The number of aromatic nitrogens is 2. The first-order valence-corrected chi connectivity index (χ1v) is 7.13. The van der Waals surface area contributed by atoms with Crippen LogP contribution in [0.2, 0.25) is 0 Å². The fraction of sp³-hybridized carbons (Fsp3) is 0.467. The SMILES string of the molecule is CCC(O)CCNC(=O)Cn1c(=O)n(C)c2ccccc21. The topological polar surface area (TPSA) is 76.3 Å². The molecule has 6 heteroatoms. The number of para-hydroxylation sites is 2. The van der Waals surface area contributed by atoms with Gasteiger partial charge in [-0.1, -0.05) is 19.1 Å². The molecule has 1 aromatic heterocycles. The van der Waals surface area contributed by atoms with Crippen molar-refractivity contribution in [3.63, 3.8) is 0 Å². The highest BCUT2D eigenvalue weighted by molar-refractivity contribution is 5.80. The fourth-order valence-electron chi connectivity index (χ4n) is 2.30. The van der Waals surface area contributed by atoms with Crippen LogP contribution in [0.5, 0.6) is 0 Å². The number of nitrogens with zero attached hydrogens (tertiary/aromatic N) is 2. The number of amides is 1. The normalized spacial score (nSPS) is 12.5. The van der Waals surface area contributed by atoms with Gasteiger partial charge in [0.05, 0.1) is 17.1 Å². The van der Waals surface area contributed by atoms with Crippen LogP contribution in [-0.4, -0.2) is 32.8 Å². The molecule has 0 saturated carbocycles. The van der Waals surface area contributed by atoms with Gasteiger partial charge in [-0.15, -0.1) is 0 Å². The summed E-state index contributed by atoms with van der Waals surface area (Å²) in [6.07, 6.45) is 0.788. The van der Waals surface area contributed by atoms with Gasteiger partial charge >= 0.3 is 5.69 Å². The van der Waals surface area contributed by atoms with Crippen molar-refractivity contribution < 1.29 is 9.90 Å². The van der Waals surface area contributed by atoms with Crippen LogP contribution < -0.4 is 11.0 Å². The molecule has 0 aliphatic heterocycles. The summed E-state index contributed by atoms with van der Waals surface area (Å²) in [5, 5.41) is 12.2. The quantitative estimate of drug-likeness (QED) is 0.819.